The summed E-state index contributed by atoms with van der Waals surface area (Å²) >= 11 is 0. The van der Waals surface area contributed by atoms with Crippen molar-refractivity contribution in [3.8, 4) is 5.75 Å². The van der Waals surface area contributed by atoms with Crippen molar-refractivity contribution in [3.05, 3.63) is 23.8 Å². The molecule has 22 heavy (non-hydrogen) atoms. The minimum absolute atomic E-state index is 0.0700. The van der Waals surface area contributed by atoms with Crippen molar-refractivity contribution in [3.63, 3.8) is 0 Å². The van der Waals surface area contributed by atoms with Gasteiger partial charge in [-0.1, -0.05) is 0 Å². The Labute approximate surface area is 128 Å². The van der Waals surface area contributed by atoms with Crippen LogP contribution in [0.3, 0.4) is 0 Å². The highest BCUT2D eigenvalue weighted by Gasteiger charge is 2.20. The fourth-order valence-corrected chi connectivity index (χ4v) is 2.40. The van der Waals surface area contributed by atoms with Crippen LogP contribution in [0.1, 0.15) is 17.3 Å². The smallest absolute Gasteiger partial charge is 0.337 e. The molecule has 0 fully saturated rings. The van der Waals surface area contributed by atoms with Gasteiger partial charge in [0.1, 0.15) is 5.75 Å². The van der Waals surface area contributed by atoms with Crippen LogP contribution in [0.4, 0.5) is 5.69 Å². The van der Waals surface area contributed by atoms with Crippen LogP contribution in [0.5, 0.6) is 5.75 Å². The summed E-state index contributed by atoms with van der Waals surface area (Å²) in [4.78, 5) is 23.1. The molecule has 8 nitrogen and oxygen atoms in total. The van der Waals surface area contributed by atoms with Gasteiger partial charge in [-0.3, -0.25) is 4.79 Å². The van der Waals surface area contributed by atoms with Crippen molar-refractivity contribution >= 4 is 27.6 Å². The maximum absolute atomic E-state index is 11.9. The van der Waals surface area contributed by atoms with E-state index in [1.165, 1.54) is 39.3 Å². The van der Waals surface area contributed by atoms with Crippen LogP contribution in [-0.4, -0.2) is 56.2 Å². The van der Waals surface area contributed by atoms with Gasteiger partial charge in [0, 0.05) is 7.05 Å². The Morgan fingerprint density at radius 2 is 2.00 bits per heavy atom. The van der Waals surface area contributed by atoms with Crippen molar-refractivity contribution < 1.29 is 27.9 Å². The van der Waals surface area contributed by atoms with Crippen LogP contribution in [0, 0.1) is 0 Å². The number of methoxy groups -OCH3 is 1. The third-order valence-electron chi connectivity index (χ3n) is 2.94. The Bertz CT molecular complexity index is 671. The van der Waals surface area contributed by atoms with E-state index in [0.717, 1.165) is 4.31 Å². The summed E-state index contributed by atoms with van der Waals surface area (Å²) in [6.07, 6.45) is 0. The van der Waals surface area contributed by atoms with Gasteiger partial charge >= 0.3 is 5.97 Å². The quantitative estimate of drug-likeness (QED) is 0.757. The number of carboxylic acids is 1. The average molecular weight is 330 g/mol. The standard InChI is InChI=1S/C13H18N2O6S/c1-4-22(19,20)15(2)8-12(16)14-11-6-5-9(21-3)7-10(11)13(17)18/h5-7H,4,8H2,1-3H3,(H,14,16)(H,17,18). The molecule has 0 heterocycles. The van der Waals surface area contributed by atoms with E-state index in [-0.39, 0.29) is 17.0 Å². The molecular formula is C13H18N2O6S. The highest BCUT2D eigenvalue weighted by atomic mass is 32.2. The number of hydrogen-bond donors (Lipinski definition) is 2. The molecule has 1 rings (SSSR count). The summed E-state index contributed by atoms with van der Waals surface area (Å²) in [7, 11) is -0.812. The van der Waals surface area contributed by atoms with Crippen molar-refractivity contribution in [1.82, 2.24) is 4.31 Å². The maximum atomic E-state index is 11.9. The summed E-state index contributed by atoms with van der Waals surface area (Å²) in [5.41, 5.74) is -0.0747. The molecule has 0 radical (unpaired) electrons. The normalized spacial score (nSPS) is 11.3. The molecule has 9 heteroatoms. The van der Waals surface area contributed by atoms with E-state index >= 15 is 0 Å². The van der Waals surface area contributed by atoms with Crippen molar-refractivity contribution in [2.45, 2.75) is 6.92 Å². The number of likely N-dealkylation sites (N-methyl/N-ethyl adjacent to an activating group) is 1. The SMILES string of the molecule is CCS(=O)(=O)N(C)CC(=O)Nc1ccc(OC)cc1C(=O)O. The van der Waals surface area contributed by atoms with E-state index in [1.807, 2.05) is 0 Å². The Morgan fingerprint density at radius 3 is 2.50 bits per heavy atom. The molecule has 1 amide bonds. The lowest BCUT2D eigenvalue weighted by Crippen LogP contribution is -2.36. The zero-order valence-corrected chi connectivity index (χ0v) is 13.3. The molecular weight excluding hydrogens is 312 g/mol. The molecule has 0 unspecified atom stereocenters. The number of hydrogen-bond acceptors (Lipinski definition) is 5. The van der Waals surface area contributed by atoms with Crippen LogP contribution in [-0.2, 0) is 14.8 Å². The summed E-state index contributed by atoms with van der Waals surface area (Å²) < 4.78 is 29.0. The van der Waals surface area contributed by atoms with Crippen LogP contribution in [0.15, 0.2) is 18.2 Å². The van der Waals surface area contributed by atoms with Gasteiger partial charge in [-0.05, 0) is 25.1 Å². The van der Waals surface area contributed by atoms with E-state index in [1.54, 1.807) is 0 Å². The van der Waals surface area contributed by atoms with Crippen molar-refractivity contribution in [1.29, 1.82) is 0 Å². The van der Waals surface area contributed by atoms with E-state index in [0.29, 0.717) is 5.75 Å². The first kappa shape index (κ1) is 17.9. The first-order chi connectivity index (χ1) is 10.2. The van der Waals surface area contributed by atoms with Gasteiger partial charge in [0.2, 0.25) is 15.9 Å². The monoisotopic (exact) mass is 330 g/mol. The largest absolute Gasteiger partial charge is 0.497 e. The Balaban J connectivity index is 2.91. The fourth-order valence-electron chi connectivity index (χ4n) is 1.65. The van der Waals surface area contributed by atoms with Gasteiger partial charge in [0.05, 0.1) is 30.7 Å². The number of carbonyl (C=O) groups excluding carboxylic acids is 1. The van der Waals surface area contributed by atoms with Gasteiger partial charge < -0.3 is 15.2 Å². The number of rotatable bonds is 7. The molecule has 0 aliphatic rings. The molecule has 0 saturated carbocycles. The second-order valence-electron chi connectivity index (χ2n) is 4.42. The maximum Gasteiger partial charge on any atom is 0.337 e. The lowest BCUT2D eigenvalue weighted by Gasteiger charge is -2.16. The molecule has 0 bridgehead atoms. The summed E-state index contributed by atoms with van der Waals surface area (Å²) in [6.45, 7) is 1.07. The number of amides is 1. The van der Waals surface area contributed by atoms with E-state index in [2.05, 4.69) is 5.32 Å². The molecule has 0 aliphatic carbocycles. The summed E-state index contributed by atoms with van der Waals surface area (Å²) in [6, 6.07) is 4.15. The Hall–Kier alpha value is -2.13. The van der Waals surface area contributed by atoms with Gasteiger partial charge in [0.25, 0.3) is 0 Å². The summed E-state index contributed by atoms with van der Waals surface area (Å²) in [5, 5.41) is 11.5. The molecule has 0 saturated heterocycles. The second-order valence-corrected chi connectivity index (χ2v) is 6.79. The molecule has 122 valence electrons. The van der Waals surface area contributed by atoms with E-state index < -0.39 is 28.4 Å². The number of nitrogens with one attached hydrogen (secondary N) is 1. The molecule has 1 aromatic carbocycles. The number of benzene rings is 1. The highest BCUT2D eigenvalue weighted by Crippen LogP contribution is 2.22. The third-order valence-corrected chi connectivity index (χ3v) is 4.75. The number of carbonyl (C=O) groups is 2. The van der Waals surface area contributed by atoms with E-state index in [9.17, 15) is 18.0 Å². The minimum atomic E-state index is -3.49. The third kappa shape index (κ3) is 4.43. The first-order valence-electron chi connectivity index (χ1n) is 6.36. The number of carboxylic acid groups (broad SMARTS) is 1. The van der Waals surface area contributed by atoms with E-state index in [4.69, 9.17) is 9.84 Å². The van der Waals surface area contributed by atoms with Gasteiger partial charge in [0.15, 0.2) is 0 Å². The van der Waals surface area contributed by atoms with Crippen LogP contribution in [0.25, 0.3) is 0 Å². The number of aromatic carboxylic acids is 1. The van der Waals surface area contributed by atoms with Crippen molar-refractivity contribution in [2.75, 3.05) is 31.8 Å². The first-order valence-corrected chi connectivity index (χ1v) is 7.97. The fraction of sp³-hybridized carbons (Fsp3) is 0.385. The zero-order chi connectivity index (χ0) is 16.9. The Morgan fingerprint density at radius 1 is 1.36 bits per heavy atom. The zero-order valence-electron chi connectivity index (χ0n) is 12.5. The van der Waals surface area contributed by atoms with Gasteiger partial charge in [-0.25, -0.2) is 13.2 Å². The minimum Gasteiger partial charge on any atom is -0.497 e. The highest BCUT2D eigenvalue weighted by molar-refractivity contribution is 7.89. The lowest BCUT2D eigenvalue weighted by atomic mass is 10.1. The average Bonchev–Trinajstić information content (AvgIpc) is 2.47. The molecule has 2 N–H and O–H groups in total. The summed E-state index contributed by atoms with van der Waals surface area (Å²) in [5.74, 6) is -1.66. The van der Waals surface area contributed by atoms with Crippen LogP contribution < -0.4 is 10.1 Å². The molecule has 0 atom stereocenters. The molecule has 1 aromatic rings. The molecule has 0 spiro atoms. The van der Waals surface area contributed by atoms with Gasteiger partial charge in [-0.2, -0.15) is 4.31 Å². The number of anilines is 1. The lowest BCUT2D eigenvalue weighted by molar-refractivity contribution is -0.116. The topological polar surface area (TPSA) is 113 Å². The molecule has 0 aliphatic heterocycles. The number of sulfonamides is 1. The number of nitrogens with zero attached hydrogens (tertiary/aromatic N) is 1. The van der Waals surface area contributed by atoms with Crippen molar-refractivity contribution in [2.24, 2.45) is 0 Å². The number of ether oxygens (including phenoxy) is 1. The predicted octanol–water partition coefficient (Wildman–Crippen LogP) is 0.613. The van der Waals surface area contributed by atoms with Gasteiger partial charge in [-0.15, -0.1) is 0 Å². The second kappa shape index (κ2) is 7.23. The Kier molecular flexibility index (Phi) is 5.89. The predicted molar refractivity (Wildman–Crippen MR) is 80.7 cm³/mol. The van der Waals surface area contributed by atoms with Crippen LogP contribution in [0.2, 0.25) is 0 Å². The molecule has 0 aromatic heterocycles. The van der Waals surface area contributed by atoms with Crippen LogP contribution >= 0.6 is 0 Å².